The van der Waals surface area contributed by atoms with Crippen LogP contribution in [0, 0.1) is 11.8 Å². The average molecular weight is 241 g/mol. The Hall–Kier alpha value is -0.710. The van der Waals surface area contributed by atoms with Crippen molar-refractivity contribution in [3.8, 4) is 11.8 Å². The standard InChI is InChI=1S/C14H21ClO/c1-13(8-5-3-4-6-11-16)9-7-10-14(2)12-15/h8,10,16H,3,5,7,9,11-12H2,1-2H3/b13-8+,14-10-. The van der Waals surface area contributed by atoms with Crippen LogP contribution < -0.4 is 0 Å². The summed E-state index contributed by atoms with van der Waals surface area (Å²) in [6.07, 6.45) is 8.35. The molecule has 0 saturated heterocycles. The fraction of sp³-hybridized carbons (Fsp3) is 0.571. The van der Waals surface area contributed by atoms with Crippen LogP contribution in [0.1, 0.15) is 39.5 Å². The molecule has 0 fully saturated rings. The fourth-order valence-electron chi connectivity index (χ4n) is 1.24. The molecule has 0 rings (SSSR count). The molecule has 0 atom stereocenters. The highest BCUT2D eigenvalue weighted by Crippen LogP contribution is 2.08. The topological polar surface area (TPSA) is 20.2 Å². The highest BCUT2D eigenvalue weighted by Gasteiger charge is 1.89. The van der Waals surface area contributed by atoms with E-state index in [-0.39, 0.29) is 6.61 Å². The largest absolute Gasteiger partial charge is 0.384 e. The molecule has 0 amide bonds. The number of alkyl halides is 1. The third-order valence-corrected chi connectivity index (χ3v) is 2.63. The van der Waals surface area contributed by atoms with Gasteiger partial charge in [-0.25, -0.2) is 0 Å². The van der Waals surface area contributed by atoms with Crippen LogP contribution in [0.3, 0.4) is 0 Å². The molecule has 1 N–H and O–H groups in total. The summed E-state index contributed by atoms with van der Waals surface area (Å²) < 4.78 is 0. The van der Waals surface area contributed by atoms with Crippen molar-refractivity contribution in [1.82, 2.24) is 0 Å². The van der Waals surface area contributed by atoms with E-state index in [9.17, 15) is 0 Å². The first kappa shape index (κ1) is 15.3. The first-order valence-electron chi connectivity index (χ1n) is 5.64. The van der Waals surface area contributed by atoms with Gasteiger partial charge in [-0.3, -0.25) is 0 Å². The Morgan fingerprint density at radius 2 is 1.81 bits per heavy atom. The smallest absolute Gasteiger partial charge is 0.104 e. The summed E-state index contributed by atoms with van der Waals surface area (Å²) in [5.74, 6) is 6.16. The molecule has 0 radical (unpaired) electrons. The number of aliphatic hydroxyl groups excluding tert-OH is 1. The molecule has 0 unspecified atom stereocenters. The van der Waals surface area contributed by atoms with Gasteiger partial charge >= 0.3 is 0 Å². The molecule has 1 nitrogen and oxygen atoms in total. The maximum absolute atomic E-state index is 8.46. The molecule has 0 heterocycles. The zero-order chi connectivity index (χ0) is 12.2. The molecule has 0 aliphatic carbocycles. The van der Waals surface area contributed by atoms with E-state index >= 15 is 0 Å². The van der Waals surface area contributed by atoms with Gasteiger partial charge in [-0.2, -0.15) is 0 Å². The van der Waals surface area contributed by atoms with Gasteiger partial charge in [-0.05, 0) is 33.1 Å². The van der Waals surface area contributed by atoms with Crippen LogP contribution in [0.25, 0.3) is 0 Å². The molecule has 0 bridgehead atoms. The second-order valence-corrected chi connectivity index (χ2v) is 4.09. The van der Waals surface area contributed by atoms with Gasteiger partial charge in [0.2, 0.25) is 0 Å². The first-order valence-corrected chi connectivity index (χ1v) is 6.18. The van der Waals surface area contributed by atoms with Crippen molar-refractivity contribution in [3.05, 3.63) is 23.3 Å². The highest BCUT2D eigenvalue weighted by atomic mass is 35.5. The first-order chi connectivity index (χ1) is 7.70. The molecule has 2 heteroatoms. The summed E-state index contributed by atoms with van der Waals surface area (Å²) in [6.45, 7) is 4.16. The molecular formula is C14H21ClO. The predicted molar refractivity (Wildman–Crippen MR) is 71.6 cm³/mol. The molecule has 0 saturated carbocycles. The van der Waals surface area contributed by atoms with E-state index in [1.807, 2.05) is 0 Å². The lowest BCUT2D eigenvalue weighted by Gasteiger charge is -1.98. The predicted octanol–water partition coefficient (Wildman–Crippen LogP) is 3.67. The quantitative estimate of drug-likeness (QED) is 0.325. The number of hydrogen-bond donors (Lipinski definition) is 1. The second-order valence-electron chi connectivity index (χ2n) is 3.82. The Morgan fingerprint density at radius 1 is 1.12 bits per heavy atom. The maximum atomic E-state index is 8.46. The number of allylic oxidation sites excluding steroid dienone is 4. The van der Waals surface area contributed by atoms with Gasteiger partial charge in [-0.15, -0.1) is 17.5 Å². The summed E-state index contributed by atoms with van der Waals surface area (Å²) in [4.78, 5) is 0. The summed E-state index contributed by atoms with van der Waals surface area (Å²) in [7, 11) is 0. The van der Waals surface area contributed by atoms with Crippen molar-refractivity contribution in [3.63, 3.8) is 0 Å². The molecule has 16 heavy (non-hydrogen) atoms. The minimum Gasteiger partial charge on any atom is -0.384 e. The minimum atomic E-state index is -0.0365. The Kier molecular flexibility index (Phi) is 10.3. The van der Waals surface area contributed by atoms with Crippen LogP contribution in [-0.2, 0) is 0 Å². The van der Waals surface area contributed by atoms with E-state index in [1.54, 1.807) is 0 Å². The van der Waals surface area contributed by atoms with Gasteiger partial charge < -0.3 is 5.11 Å². The fourth-order valence-corrected chi connectivity index (χ4v) is 1.35. The van der Waals surface area contributed by atoms with Crippen LogP contribution in [0.2, 0.25) is 0 Å². The minimum absolute atomic E-state index is 0.0365. The number of rotatable bonds is 6. The Labute approximate surface area is 104 Å². The van der Waals surface area contributed by atoms with Crippen molar-refractivity contribution in [2.24, 2.45) is 0 Å². The lowest BCUT2D eigenvalue weighted by atomic mass is 10.1. The molecule has 0 aromatic rings. The van der Waals surface area contributed by atoms with E-state index in [2.05, 4.69) is 37.8 Å². The van der Waals surface area contributed by atoms with E-state index in [4.69, 9.17) is 16.7 Å². The molecule has 0 aromatic heterocycles. The van der Waals surface area contributed by atoms with E-state index in [1.165, 1.54) is 11.1 Å². The lowest BCUT2D eigenvalue weighted by molar-refractivity contribution is 0.350. The van der Waals surface area contributed by atoms with Crippen LogP contribution >= 0.6 is 11.6 Å². The van der Waals surface area contributed by atoms with E-state index in [0.717, 1.165) is 25.7 Å². The van der Waals surface area contributed by atoms with Crippen molar-refractivity contribution < 1.29 is 5.11 Å². The van der Waals surface area contributed by atoms with Crippen molar-refractivity contribution in [2.75, 3.05) is 12.5 Å². The normalized spacial score (nSPS) is 12.2. The van der Waals surface area contributed by atoms with Crippen LogP contribution in [-0.4, -0.2) is 17.6 Å². The summed E-state index contributed by atoms with van der Waals surface area (Å²) in [5, 5.41) is 8.46. The van der Waals surface area contributed by atoms with E-state index in [0.29, 0.717) is 5.88 Å². The van der Waals surface area contributed by atoms with Crippen molar-refractivity contribution >= 4 is 11.6 Å². The molecule has 0 aliphatic heterocycles. The zero-order valence-electron chi connectivity index (χ0n) is 10.2. The molecule has 90 valence electrons. The zero-order valence-corrected chi connectivity index (χ0v) is 11.0. The van der Waals surface area contributed by atoms with Gasteiger partial charge in [0, 0.05) is 12.3 Å². The molecular weight excluding hydrogens is 220 g/mol. The molecule has 0 aliphatic rings. The average Bonchev–Trinajstić information content (AvgIpc) is 2.28. The number of halogens is 1. The van der Waals surface area contributed by atoms with Gasteiger partial charge in [0.25, 0.3) is 0 Å². The molecule has 0 aromatic carbocycles. The lowest BCUT2D eigenvalue weighted by Crippen LogP contribution is -1.80. The van der Waals surface area contributed by atoms with Gasteiger partial charge in [-0.1, -0.05) is 29.2 Å². The second kappa shape index (κ2) is 10.8. The van der Waals surface area contributed by atoms with Gasteiger partial charge in [0.15, 0.2) is 0 Å². The number of aliphatic hydroxyl groups is 1. The van der Waals surface area contributed by atoms with E-state index < -0.39 is 0 Å². The van der Waals surface area contributed by atoms with Crippen LogP contribution in [0.5, 0.6) is 0 Å². The third kappa shape index (κ3) is 9.83. The Bertz CT molecular complexity index is 292. The number of unbranched alkanes of at least 4 members (excludes halogenated alkanes) is 1. The maximum Gasteiger partial charge on any atom is 0.104 e. The third-order valence-electron chi connectivity index (χ3n) is 2.21. The summed E-state index contributed by atoms with van der Waals surface area (Å²) in [5.41, 5.74) is 2.63. The SMILES string of the molecule is C/C(=C/CC/C(C)=C/CCC#CCO)CCl. The monoisotopic (exact) mass is 240 g/mol. The summed E-state index contributed by atoms with van der Waals surface area (Å²) >= 11 is 5.68. The van der Waals surface area contributed by atoms with Crippen molar-refractivity contribution in [1.29, 1.82) is 0 Å². The number of hydrogen-bond acceptors (Lipinski definition) is 1. The van der Waals surface area contributed by atoms with Crippen molar-refractivity contribution in [2.45, 2.75) is 39.5 Å². The highest BCUT2D eigenvalue weighted by molar-refractivity contribution is 6.19. The van der Waals surface area contributed by atoms with Crippen LogP contribution in [0.4, 0.5) is 0 Å². The van der Waals surface area contributed by atoms with Crippen LogP contribution in [0.15, 0.2) is 23.3 Å². The Morgan fingerprint density at radius 3 is 2.44 bits per heavy atom. The molecule has 0 spiro atoms. The van der Waals surface area contributed by atoms with Gasteiger partial charge in [0.1, 0.15) is 6.61 Å². The van der Waals surface area contributed by atoms with Gasteiger partial charge in [0.05, 0.1) is 0 Å². The summed E-state index contributed by atoms with van der Waals surface area (Å²) in [6, 6.07) is 0. The Balaban J connectivity index is 3.71.